The van der Waals surface area contributed by atoms with Gasteiger partial charge in [0.1, 0.15) is 12.2 Å². The summed E-state index contributed by atoms with van der Waals surface area (Å²) in [5, 5.41) is 10.9. The number of aliphatic hydroxyl groups excluding tert-OH is 1. The van der Waals surface area contributed by atoms with E-state index in [0.717, 1.165) is 0 Å². The molecule has 3 aliphatic carbocycles. The van der Waals surface area contributed by atoms with Crippen molar-refractivity contribution in [2.75, 3.05) is 20.8 Å². The highest BCUT2D eigenvalue weighted by Crippen LogP contribution is 2.63. The Morgan fingerprint density at radius 1 is 1.22 bits per heavy atom. The topological polar surface area (TPSA) is 119 Å². The van der Waals surface area contributed by atoms with Gasteiger partial charge in [-0.15, -0.1) is 0 Å². The van der Waals surface area contributed by atoms with Gasteiger partial charge in [-0.2, -0.15) is 0 Å². The smallest absolute Gasteiger partial charge is 0.336 e. The Morgan fingerprint density at radius 3 is 2.43 bits per heavy atom. The summed E-state index contributed by atoms with van der Waals surface area (Å²) in [6, 6.07) is 0. The monoisotopic (exact) mass is 517 g/mol. The maximum atomic E-state index is 14.0. The van der Waals surface area contributed by atoms with E-state index in [2.05, 4.69) is 0 Å². The third-order valence-corrected chi connectivity index (χ3v) is 9.26. The van der Waals surface area contributed by atoms with E-state index in [-0.39, 0.29) is 23.6 Å². The summed E-state index contributed by atoms with van der Waals surface area (Å²) in [7, 11) is 3.27. The molecular formula is C28H39NO8. The number of carbonyl (C=O) groups excluding carboxylic acids is 4. The number of hydrogen-bond donors (Lipinski definition) is 1. The molecule has 0 radical (unpaired) electrons. The van der Waals surface area contributed by atoms with Crippen LogP contribution in [0.5, 0.6) is 0 Å². The number of aliphatic hydroxyl groups is 1. The fourth-order valence-corrected chi connectivity index (χ4v) is 6.89. The second-order valence-corrected chi connectivity index (χ2v) is 12.4. The fraction of sp³-hybridized carbons (Fsp3) is 0.714. The van der Waals surface area contributed by atoms with Crippen molar-refractivity contribution in [2.45, 2.75) is 84.7 Å². The van der Waals surface area contributed by atoms with Crippen LogP contribution in [0.3, 0.4) is 0 Å². The minimum Gasteiger partial charge on any atom is -0.458 e. The third-order valence-electron chi connectivity index (χ3n) is 9.26. The van der Waals surface area contributed by atoms with Crippen LogP contribution in [0.1, 0.15) is 60.8 Å². The minimum atomic E-state index is -1.19. The molecule has 1 aliphatic heterocycles. The number of Topliss-reactive ketones (excluding diaryl/α,β-unsaturated/α-hetero) is 2. The highest BCUT2D eigenvalue weighted by atomic mass is 16.6. The zero-order chi connectivity index (χ0) is 27.7. The number of fused-ring (bicyclic) bond motifs is 4. The first-order valence-electron chi connectivity index (χ1n) is 12.9. The van der Waals surface area contributed by atoms with E-state index in [1.54, 1.807) is 13.2 Å². The van der Waals surface area contributed by atoms with Crippen molar-refractivity contribution in [3.8, 4) is 0 Å². The Bertz CT molecular complexity index is 1100. The van der Waals surface area contributed by atoms with Crippen LogP contribution >= 0.6 is 0 Å². The molecule has 0 bridgehead atoms. The number of esters is 2. The molecule has 7 unspecified atom stereocenters. The van der Waals surface area contributed by atoms with Crippen LogP contribution in [0.15, 0.2) is 22.9 Å². The van der Waals surface area contributed by atoms with Crippen molar-refractivity contribution in [3.05, 3.63) is 22.9 Å². The van der Waals surface area contributed by atoms with Gasteiger partial charge in [0.2, 0.25) is 11.6 Å². The van der Waals surface area contributed by atoms with Gasteiger partial charge < -0.3 is 24.2 Å². The molecule has 1 heterocycles. The molecule has 9 heteroatoms. The number of ether oxygens (including phenoxy) is 3. The molecule has 37 heavy (non-hydrogen) atoms. The van der Waals surface area contributed by atoms with Gasteiger partial charge in [0.15, 0.2) is 0 Å². The SMILES string of the molecule is COCC1OC(=O)C(=CN(C)C(C)(C)C)C2C(=O)C(=O)C3=C(C(OC(C)=O)CC4(C)C(O)CCC34)C12C. The standard InChI is InChI=1S/C28H39NO8/c1-14(30)36-17-11-27(5)16(9-10-18(27)31)20-22(17)28(6)19(13-35-8)37-25(34)15(12-29(7)26(2,3)4)21(28)24(33)23(20)32/h12,16-19,21,31H,9-11,13H2,1-8H3. The number of hydrogen-bond acceptors (Lipinski definition) is 9. The largest absolute Gasteiger partial charge is 0.458 e. The lowest BCUT2D eigenvalue weighted by molar-refractivity contribution is -0.175. The molecule has 0 spiro atoms. The minimum absolute atomic E-state index is 0.00324. The second kappa shape index (κ2) is 9.05. The van der Waals surface area contributed by atoms with E-state index >= 15 is 0 Å². The predicted octanol–water partition coefficient (Wildman–Crippen LogP) is 2.36. The zero-order valence-electron chi connectivity index (χ0n) is 23.0. The second-order valence-electron chi connectivity index (χ2n) is 12.4. The summed E-state index contributed by atoms with van der Waals surface area (Å²) in [6.45, 7) is 10.9. The average molecular weight is 518 g/mol. The summed E-state index contributed by atoms with van der Waals surface area (Å²) >= 11 is 0. The van der Waals surface area contributed by atoms with Gasteiger partial charge in [0.25, 0.3) is 0 Å². The van der Waals surface area contributed by atoms with Crippen molar-refractivity contribution in [1.29, 1.82) is 0 Å². The van der Waals surface area contributed by atoms with Crippen LogP contribution in [0.25, 0.3) is 0 Å². The highest BCUT2D eigenvalue weighted by Gasteiger charge is 2.67. The maximum absolute atomic E-state index is 14.0. The molecular weight excluding hydrogens is 478 g/mol. The summed E-state index contributed by atoms with van der Waals surface area (Å²) in [5.41, 5.74) is -1.37. The summed E-state index contributed by atoms with van der Waals surface area (Å²) in [4.78, 5) is 55.3. The van der Waals surface area contributed by atoms with Crippen LogP contribution in [0.4, 0.5) is 0 Å². The lowest BCUT2D eigenvalue weighted by Gasteiger charge is -2.56. The van der Waals surface area contributed by atoms with Crippen molar-refractivity contribution in [2.24, 2.45) is 22.7 Å². The fourth-order valence-electron chi connectivity index (χ4n) is 6.89. The number of carbonyl (C=O) groups is 4. The van der Waals surface area contributed by atoms with Gasteiger partial charge in [-0.3, -0.25) is 14.4 Å². The van der Waals surface area contributed by atoms with Crippen LogP contribution in [-0.4, -0.2) is 78.1 Å². The summed E-state index contributed by atoms with van der Waals surface area (Å²) in [6.07, 6.45) is 0.463. The van der Waals surface area contributed by atoms with E-state index in [1.165, 1.54) is 14.0 Å². The molecule has 4 rings (SSSR count). The van der Waals surface area contributed by atoms with Crippen molar-refractivity contribution >= 4 is 23.5 Å². The molecule has 1 saturated heterocycles. The van der Waals surface area contributed by atoms with E-state index in [4.69, 9.17) is 14.2 Å². The molecule has 2 fully saturated rings. The van der Waals surface area contributed by atoms with E-state index in [9.17, 15) is 24.3 Å². The number of cyclic esters (lactones) is 1. The Kier molecular flexibility index (Phi) is 6.73. The summed E-state index contributed by atoms with van der Waals surface area (Å²) < 4.78 is 17.2. The Hall–Kier alpha value is -2.52. The molecule has 204 valence electrons. The molecule has 0 aromatic carbocycles. The van der Waals surface area contributed by atoms with E-state index < -0.39 is 58.6 Å². The van der Waals surface area contributed by atoms with Gasteiger partial charge in [0.05, 0.1) is 24.2 Å². The average Bonchev–Trinajstić information content (AvgIpc) is 3.07. The van der Waals surface area contributed by atoms with Crippen LogP contribution < -0.4 is 0 Å². The van der Waals surface area contributed by atoms with Crippen LogP contribution in [-0.2, 0) is 33.4 Å². The first-order valence-corrected chi connectivity index (χ1v) is 12.9. The molecule has 1 saturated carbocycles. The molecule has 1 N–H and O–H groups in total. The maximum Gasteiger partial charge on any atom is 0.336 e. The van der Waals surface area contributed by atoms with Gasteiger partial charge >= 0.3 is 11.9 Å². The Balaban J connectivity index is 2.01. The van der Waals surface area contributed by atoms with Gasteiger partial charge in [-0.25, -0.2) is 4.79 Å². The normalized spacial score (nSPS) is 38.7. The molecule has 0 amide bonds. The first-order chi connectivity index (χ1) is 17.1. The number of ketones is 2. The lowest BCUT2D eigenvalue weighted by Crippen LogP contribution is -2.63. The van der Waals surface area contributed by atoms with E-state index in [1.807, 2.05) is 39.5 Å². The van der Waals surface area contributed by atoms with Gasteiger partial charge in [-0.05, 0) is 51.5 Å². The Morgan fingerprint density at radius 2 is 1.86 bits per heavy atom. The lowest BCUT2D eigenvalue weighted by atomic mass is 9.50. The van der Waals surface area contributed by atoms with E-state index in [0.29, 0.717) is 30.4 Å². The third kappa shape index (κ3) is 4.05. The zero-order valence-corrected chi connectivity index (χ0v) is 23.0. The van der Waals surface area contributed by atoms with Crippen LogP contribution in [0.2, 0.25) is 0 Å². The number of allylic oxidation sites excluding steroid dienone is 1. The number of methoxy groups -OCH3 is 1. The quantitative estimate of drug-likeness (QED) is 0.340. The highest BCUT2D eigenvalue weighted by molar-refractivity contribution is 6.47. The van der Waals surface area contributed by atoms with Crippen molar-refractivity contribution in [1.82, 2.24) is 4.90 Å². The van der Waals surface area contributed by atoms with Gasteiger partial charge in [-0.1, -0.05) is 13.8 Å². The molecule has 7 atom stereocenters. The van der Waals surface area contributed by atoms with Crippen LogP contribution in [0, 0.1) is 22.7 Å². The Labute approximate surface area is 218 Å². The molecule has 4 aliphatic rings. The predicted molar refractivity (Wildman–Crippen MR) is 133 cm³/mol. The van der Waals surface area contributed by atoms with Crippen molar-refractivity contribution in [3.63, 3.8) is 0 Å². The van der Waals surface area contributed by atoms with Crippen molar-refractivity contribution < 1.29 is 38.5 Å². The number of rotatable bonds is 4. The van der Waals surface area contributed by atoms with Gasteiger partial charge in [0, 0.05) is 49.2 Å². The number of nitrogens with zero attached hydrogens (tertiary/aromatic N) is 1. The molecule has 9 nitrogen and oxygen atoms in total. The first kappa shape index (κ1) is 27.5. The molecule has 0 aromatic heterocycles. The summed E-state index contributed by atoms with van der Waals surface area (Å²) in [5.74, 6) is -4.06. The molecule has 0 aromatic rings.